The van der Waals surface area contributed by atoms with E-state index in [0.29, 0.717) is 0 Å². The van der Waals surface area contributed by atoms with Crippen molar-refractivity contribution in [2.24, 2.45) is 0 Å². The third-order valence-electron chi connectivity index (χ3n) is 1.72. The molecule has 3 heteroatoms. The van der Waals surface area contributed by atoms with E-state index < -0.39 is 0 Å². The van der Waals surface area contributed by atoms with Gasteiger partial charge in [0.05, 0.1) is 6.61 Å². The number of benzene rings is 1. The van der Waals surface area contributed by atoms with Gasteiger partial charge in [0.1, 0.15) is 5.75 Å². The van der Waals surface area contributed by atoms with Gasteiger partial charge in [-0.05, 0) is 42.2 Å². The fraction of sp³-hybridized carbons (Fsp3) is 0.455. The minimum atomic E-state index is 0.749. The van der Waals surface area contributed by atoms with Crippen molar-refractivity contribution in [3.05, 3.63) is 29.3 Å². The van der Waals surface area contributed by atoms with Crippen LogP contribution in [0.1, 0.15) is 13.3 Å². The predicted molar refractivity (Wildman–Crippen MR) is 64.6 cm³/mol. The SMILES string of the molecule is CCSCCCOc1ccc(Cl)cc1. The number of hydrogen-bond acceptors (Lipinski definition) is 2. The van der Waals surface area contributed by atoms with Crippen LogP contribution in [0.15, 0.2) is 24.3 Å². The fourth-order valence-corrected chi connectivity index (χ4v) is 1.76. The number of hydrogen-bond donors (Lipinski definition) is 0. The summed E-state index contributed by atoms with van der Waals surface area (Å²) >= 11 is 7.70. The van der Waals surface area contributed by atoms with Crippen LogP contribution in [0, 0.1) is 0 Å². The van der Waals surface area contributed by atoms with E-state index in [2.05, 4.69) is 6.92 Å². The van der Waals surface area contributed by atoms with Gasteiger partial charge in [0, 0.05) is 5.02 Å². The van der Waals surface area contributed by atoms with Crippen LogP contribution in [-0.2, 0) is 0 Å². The van der Waals surface area contributed by atoms with Crippen molar-refractivity contribution in [1.82, 2.24) is 0 Å². The minimum Gasteiger partial charge on any atom is -0.494 e. The van der Waals surface area contributed by atoms with Crippen molar-refractivity contribution < 1.29 is 4.74 Å². The number of thioether (sulfide) groups is 1. The Morgan fingerprint density at radius 2 is 2.00 bits per heavy atom. The smallest absolute Gasteiger partial charge is 0.119 e. The average molecular weight is 231 g/mol. The van der Waals surface area contributed by atoms with E-state index in [4.69, 9.17) is 16.3 Å². The van der Waals surface area contributed by atoms with Crippen LogP contribution in [0.4, 0.5) is 0 Å². The topological polar surface area (TPSA) is 9.23 Å². The second-order valence-corrected chi connectivity index (χ2v) is 4.68. The van der Waals surface area contributed by atoms with Gasteiger partial charge in [0.15, 0.2) is 0 Å². The molecule has 0 aliphatic heterocycles. The van der Waals surface area contributed by atoms with Crippen LogP contribution < -0.4 is 4.74 Å². The molecule has 0 unspecified atom stereocenters. The largest absolute Gasteiger partial charge is 0.494 e. The first-order valence-electron chi connectivity index (χ1n) is 4.79. The zero-order chi connectivity index (χ0) is 10.2. The normalized spacial score (nSPS) is 10.1. The Bertz CT molecular complexity index is 248. The molecule has 0 aromatic heterocycles. The van der Waals surface area contributed by atoms with E-state index in [0.717, 1.165) is 23.8 Å². The fourth-order valence-electron chi connectivity index (χ4n) is 1.03. The van der Waals surface area contributed by atoms with E-state index in [1.54, 1.807) is 0 Å². The first-order valence-corrected chi connectivity index (χ1v) is 6.32. The number of ether oxygens (including phenoxy) is 1. The van der Waals surface area contributed by atoms with Gasteiger partial charge >= 0.3 is 0 Å². The first kappa shape index (κ1) is 11.7. The maximum Gasteiger partial charge on any atom is 0.119 e. The van der Waals surface area contributed by atoms with Crippen LogP contribution >= 0.6 is 23.4 Å². The Morgan fingerprint density at radius 3 is 2.64 bits per heavy atom. The van der Waals surface area contributed by atoms with Crippen LogP contribution in [0.2, 0.25) is 5.02 Å². The van der Waals surface area contributed by atoms with Gasteiger partial charge in [-0.2, -0.15) is 11.8 Å². The molecule has 0 N–H and O–H groups in total. The molecule has 78 valence electrons. The van der Waals surface area contributed by atoms with Crippen molar-refractivity contribution in [3.8, 4) is 5.75 Å². The third kappa shape index (κ3) is 4.77. The van der Waals surface area contributed by atoms with Gasteiger partial charge in [-0.1, -0.05) is 18.5 Å². The molecule has 0 radical (unpaired) electrons. The summed E-state index contributed by atoms with van der Waals surface area (Å²) in [6.45, 7) is 2.96. The van der Waals surface area contributed by atoms with E-state index in [1.807, 2.05) is 36.0 Å². The summed E-state index contributed by atoms with van der Waals surface area (Å²) in [6, 6.07) is 7.49. The van der Waals surface area contributed by atoms with E-state index in [9.17, 15) is 0 Å². The van der Waals surface area contributed by atoms with Gasteiger partial charge in [0.2, 0.25) is 0 Å². The monoisotopic (exact) mass is 230 g/mol. The molecule has 0 bridgehead atoms. The second kappa shape index (κ2) is 7.02. The molecule has 1 aromatic rings. The molecule has 0 heterocycles. The van der Waals surface area contributed by atoms with Crippen molar-refractivity contribution in [3.63, 3.8) is 0 Å². The summed E-state index contributed by atoms with van der Waals surface area (Å²) in [5.41, 5.74) is 0. The standard InChI is InChI=1S/C11H15ClOS/c1-2-14-9-3-8-13-11-6-4-10(12)5-7-11/h4-7H,2-3,8-9H2,1H3. The van der Waals surface area contributed by atoms with Crippen LogP contribution in [-0.4, -0.2) is 18.1 Å². The van der Waals surface area contributed by atoms with E-state index >= 15 is 0 Å². The lowest BCUT2D eigenvalue weighted by molar-refractivity contribution is 0.319. The zero-order valence-corrected chi connectivity index (χ0v) is 9.90. The van der Waals surface area contributed by atoms with E-state index in [1.165, 1.54) is 11.5 Å². The molecule has 0 amide bonds. The lowest BCUT2D eigenvalue weighted by Gasteiger charge is -2.05. The molecule has 0 spiro atoms. The van der Waals surface area contributed by atoms with Crippen LogP contribution in [0.3, 0.4) is 0 Å². The third-order valence-corrected chi connectivity index (χ3v) is 2.96. The predicted octanol–water partition coefficient (Wildman–Crippen LogP) is 3.86. The molecular formula is C11H15ClOS. The quantitative estimate of drug-likeness (QED) is 0.687. The highest BCUT2D eigenvalue weighted by molar-refractivity contribution is 7.99. The highest BCUT2D eigenvalue weighted by atomic mass is 35.5. The Labute approximate surface area is 94.8 Å². The summed E-state index contributed by atoms with van der Waals surface area (Å²) < 4.78 is 5.54. The summed E-state index contributed by atoms with van der Waals surface area (Å²) in [4.78, 5) is 0. The molecule has 0 fully saturated rings. The van der Waals surface area contributed by atoms with Gasteiger partial charge in [-0.25, -0.2) is 0 Å². The Balaban J connectivity index is 2.15. The van der Waals surface area contributed by atoms with Gasteiger partial charge in [-0.15, -0.1) is 0 Å². The molecule has 1 rings (SSSR count). The van der Waals surface area contributed by atoms with Crippen molar-refractivity contribution in [1.29, 1.82) is 0 Å². The number of halogens is 1. The van der Waals surface area contributed by atoms with Gasteiger partial charge in [0.25, 0.3) is 0 Å². The molecule has 0 atom stereocenters. The summed E-state index contributed by atoms with van der Waals surface area (Å²) in [5.74, 6) is 3.25. The molecule has 1 nitrogen and oxygen atoms in total. The lowest BCUT2D eigenvalue weighted by atomic mass is 10.3. The molecule has 14 heavy (non-hydrogen) atoms. The zero-order valence-electron chi connectivity index (χ0n) is 8.33. The lowest BCUT2D eigenvalue weighted by Crippen LogP contribution is -1.98. The average Bonchev–Trinajstić information content (AvgIpc) is 2.21. The number of rotatable bonds is 6. The summed E-state index contributed by atoms with van der Waals surface area (Å²) in [6.07, 6.45) is 1.10. The Morgan fingerprint density at radius 1 is 1.29 bits per heavy atom. The minimum absolute atomic E-state index is 0.749. The molecular weight excluding hydrogens is 216 g/mol. The van der Waals surface area contributed by atoms with Crippen molar-refractivity contribution in [2.45, 2.75) is 13.3 Å². The van der Waals surface area contributed by atoms with Crippen molar-refractivity contribution in [2.75, 3.05) is 18.1 Å². The molecule has 1 aromatic carbocycles. The maximum atomic E-state index is 5.76. The van der Waals surface area contributed by atoms with E-state index in [-0.39, 0.29) is 0 Å². The highest BCUT2D eigenvalue weighted by Gasteiger charge is 1.93. The molecule has 0 saturated carbocycles. The molecule has 0 aliphatic rings. The summed E-state index contributed by atoms with van der Waals surface area (Å²) in [7, 11) is 0. The molecule has 0 saturated heterocycles. The first-order chi connectivity index (χ1) is 6.83. The van der Waals surface area contributed by atoms with Gasteiger partial charge < -0.3 is 4.74 Å². The second-order valence-electron chi connectivity index (χ2n) is 2.85. The summed E-state index contributed by atoms with van der Waals surface area (Å²) in [5, 5.41) is 0.749. The highest BCUT2D eigenvalue weighted by Crippen LogP contribution is 2.15. The van der Waals surface area contributed by atoms with Crippen molar-refractivity contribution >= 4 is 23.4 Å². The Kier molecular flexibility index (Phi) is 5.88. The van der Waals surface area contributed by atoms with Crippen LogP contribution in [0.25, 0.3) is 0 Å². The molecule has 0 aliphatic carbocycles. The Hall–Kier alpha value is -0.340. The maximum absolute atomic E-state index is 5.76. The van der Waals surface area contributed by atoms with Crippen LogP contribution in [0.5, 0.6) is 5.75 Å². The van der Waals surface area contributed by atoms with Gasteiger partial charge in [-0.3, -0.25) is 0 Å².